The fourth-order valence-corrected chi connectivity index (χ4v) is 2.36. The lowest BCUT2D eigenvalue weighted by atomic mass is 10.2. The van der Waals surface area contributed by atoms with Gasteiger partial charge in [0, 0.05) is 5.56 Å². The Morgan fingerprint density at radius 3 is 2.65 bits per heavy atom. The van der Waals surface area contributed by atoms with Crippen LogP contribution in [0.2, 0.25) is 5.02 Å². The minimum atomic E-state index is 0.212. The second-order valence-electron chi connectivity index (χ2n) is 4.18. The number of halogens is 1. The predicted molar refractivity (Wildman–Crippen MR) is 66.3 cm³/mol. The lowest BCUT2D eigenvalue weighted by Crippen LogP contribution is -2.12. The van der Waals surface area contributed by atoms with Crippen molar-refractivity contribution in [2.24, 2.45) is 0 Å². The maximum atomic E-state index is 10.7. The molecule has 0 saturated heterocycles. The van der Waals surface area contributed by atoms with E-state index in [0.29, 0.717) is 22.1 Å². The second-order valence-corrected chi connectivity index (χ2v) is 4.58. The standard InChI is InChI=1S/C13H15ClO3/c1-16-12-7-9(8-15)6-11(14)13(12)17-10-4-2-3-5-10/h6-8,10H,2-5H2,1H3. The quantitative estimate of drug-likeness (QED) is 0.772. The van der Waals surface area contributed by atoms with Crippen molar-refractivity contribution < 1.29 is 14.3 Å². The van der Waals surface area contributed by atoms with Crippen LogP contribution in [0.4, 0.5) is 0 Å². The van der Waals surface area contributed by atoms with E-state index in [1.165, 1.54) is 12.8 Å². The molecular weight excluding hydrogens is 240 g/mol. The third kappa shape index (κ3) is 2.72. The molecular formula is C13H15ClO3. The van der Waals surface area contributed by atoms with Crippen LogP contribution in [-0.2, 0) is 0 Å². The van der Waals surface area contributed by atoms with Crippen LogP contribution < -0.4 is 9.47 Å². The first kappa shape index (κ1) is 12.2. The van der Waals surface area contributed by atoms with Gasteiger partial charge >= 0.3 is 0 Å². The molecule has 1 aliphatic rings. The molecule has 0 atom stereocenters. The average Bonchev–Trinajstić information content (AvgIpc) is 2.84. The summed E-state index contributed by atoms with van der Waals surface area (Å²) in [7, 11) is 1.54. The molecule has 1 aromatic carbocycles. The molecule has 1 fully saturated rings. The van der Waals surface area contributed by atoms with Crippen LogP contribution in [0.3, 0.4) is 0 Å². The molecule has 4 heteroatoms. The van der Waals surface area contributed by atoms with E-state index in [1.54, 1.807) is 19.2 Å². The number of ether oxygens (including phenoxy) is 2. The zero-order valence-corrected chi connectivity index (χ0v) is 10.5. The molecule has 0 aromatic heterocycles. The van der Waals surface area contributed by atoms with Crippen molar-refractivity contribution in [2.75, 3.05) is 7.11 Å². The van der Waals surface area contributed by atoms with Crippen molar-refractivity contribution in [1.29, 1.82) is 0 Å². The number of aldehydes is 1. The van der Waals surface area contributed by atoms with Gasteiger partial charge in [0.15, 0.2) is 11.5 Å². The minimum Gasteiger partial charge on any atom is -0.493 e. The molecule has 1 aromatic rings. The van der Waals surface area contributed by atoms with Gasteiger partial charge in [-0.2, -0.15) is 0 Å². The summed E-state index contributed by atoms with van der Waals surface area (Å²) in [5.41, 5.74) is 0.491. The van der Waals surface area contributed by atoms with Crippen molar-refractivity contribution in [1.82, 2.24) is 0 Å². The smallest absolute Gasteiger partial charge is 0.180 e. The van der Waals surface area contributed by atoms with Crippen LogP contribution >= 0.6 is 11.6 Å². The molecule has 0 bridgehead atoms. The Labute approximate surface area is 106 Å². The predicted octanol–water partition coefficient (Wildman–Crippen LogP) is 3.48. The summed E-state index contributed by atoms with van der Waals surface area (Å²) < 4.78 is 11.1. The van der Waals surface area contributed by atoms with Crippen LogP contribution in [0.15, 0.2) is 12.1 Å². The Kier molecular flexibility index (Phi) is 3.89. The van der Waals surface area contributed by atoms with Gasteiger partial charge in [0.1, 0.15) is 6.29 Å². The van der Waals surface area contributed by atoms with E-state index >= 15 is 0 Å². The summed E-state index contributed by atoms with van der Waals surface area (Å²) in [5, 5.41) is 0.429. The van der Waals surface area contributed by atoms with Crippen molar-refractivity contribution in [2.45, 2.75) is 31.8 Å². The molecule has 0 aliphatic heterocycles. The fraction of sp³-hybridized carbons (Fsp3) is 0.462. The molecule has 0 spiro atoms. The molecule has 1 aliphatic carbocycles. The van der Waals surface area contributed by atoms with E-state index in [-0.39, 0.29) is 6.10 Å². The van der Waals surface area contributed by atoms with Gasteiger partial charge in [-0.25, -0.2) is 0 Å². The molecule has 1 saturated carbocycles. The highest BCUT2D eigenvalue weighted by Gasteiger charge is 2.20. The van der Waals surface area contributed by atoms with Gasteiger partial charge in [-0.1, -0.05) is 11.6 Å². The number of hydrogen-bond acceptors (Lipinski definition) is 3. The third-order valence-corrected chi connectivity index (χ3v) is 3.26. The molecule has 92 valence electrons. The van der Waals surface area contributed by atoms with Crippen LogP contribution in [0, 0.1) is 0 Å². The van der Waals surface area contributed by atoms with Gasteiger partial charge in [0.25, 0.3) is 0 Å². The Morgan fingerprint density at radius 2 is 2.06 bits per heavy atom. The first-order valence-corrected chi connectivity index (χ1v) is 6.11. The lowest BCUT2D eigenvalue weighted by Gasteiger charge is -2.17. The summed E-state index contributed by atoms with van der Waals surface area (Å²) in [6.07, 6.45) is 5.44. The summed E-state index contributed by atoms with van der Waals surface area (Å²) >= 11 is 6.11. The molecule has 0 N–H and O–H groups in total. The number of benzene rings is 1. The Bertz CT molecular complexity index is 411. The SMILES string of the molecule is COc1cc(C=O)cc(Cl)c1OC1CCCC1. The molecule has 2 rings (SSSR count). The van der Waals surface area contributed by atoms with Gasteiger partial charge in [-0.05, 0) is 37.8 Å². The number of hydrogen-bond donors (Lipinski definition) is 0. The van der Waals surface area contributed by atoms with Crippen molar-refractivity contribution in [3.05, 3.63) is 22.7 Å². The van der Waals surface area contributed by atoms with E-state index in [0.717, 1.165) is 19.1 Å². The van der Waals surface area contributed by atoms with Gasteiger partial charge in [0.2, 0.25) is 0 Å². The Hall–Kier alpha value is -1.22. The van der Waals surface area contributed by atoms with E-state index < -0.39 is 0 Å². The maximum Gasteiger partial charge on any atom is 0.180 e. The Balaban J connectivity index is 2.27. The average molecular weight is 255 g/mol. The maximum absolute atomic E-state index is 10.7. The number of rotatable bonds is 4. The van der Waals surface area contributed by atoms with Gasteiger partial charge in [-0.15, -0.1) is 0 Å². The number of carbonyl (C=O) groups is 1. The van der Waals surface area contributed by atoms with Crippen molar-refractivity contribution in [3.63, 3.8) is 0 Å². The molecule has 0 amide bonds. The van der Waals surface area contributed by atoms with Crippen LogP contribution in [0.25, 0.3) is 0 Å². The molecule has 17 heavy (non-hydrogen) atoms. The molecule has 0 radical (unpaired) electrons. The number of methoxy groups -OCH3 is 1. The lowest BCUT2D eigenvalue weighted by molar-refractivity contribution is 0.112. The van der Waals surface area contributed by atoms with Crippen LogP contribution in [-0.4, -0.2) is 19.5 Å². The summed E-state index contributed by atoms with van der Waals surface area (Å²) in [4.78, 5) is 10.7. The zero-order valence-electron chi connectivity index (χ0n) is 9.74. The Morgan fingerprint density at radius 1 is 1.35 bits per heavy atom. The molecule has 0 heterocycles. The largest absolute Gasteiger partial charge is 0.493 e. The van der Waals surface area contributed by atoms with Gasteiger partial charge < -0.3 is 9.47 Å². The molecule has 3 nitrogen and oxygen atoms in total. The van der Waals surface area contributed by atoms with Gasteiger partial charge in [0.05, 0.1) is 18.2 Å². The minimum absolute atomic E-state index is 0.212. The first-order chi connectivity index (χ1) is 8.24. The monoisotopic (exact) mass is 254 g/mol. The zero-order chi connectivity index (χ0) is 12.3. The number of carbonyl (C=O) groups excluding carboxylic acids is 1. The highest BCUT2D eigenvalue weighted by Crippen LogP contribution is 2.38. The highest BCUT2D eigenvalue weighted by molar-refractivity contribution is 6.32. The van der Waals surface area contributed by atoms with E-state index in [9.17, 15) is 4.79 Å². The topological polar surface area (TPSA) is 35.5 Å². The van der Waals surface area contributed by atoms with Crippen LogP contribution in [0.1, 0.15) is 36.0 Å². The van der Waals surface area contributed by atoms with Crippen molar-refractivity contribution >= 4 is 17.9 Å². The summed E-state index contributed by atoms with van der Waals surface area (Å²) in [5.74, 6) is 1.07. The highest BCUT2D eigenvalue weighted by atomic mass is 35.5. The normalized spacial score (nSPS) is 15.9. The summed E-state index contributed by atoms with van der Waals surface area (Å²) in [6.45, 7) is 0. The van der Waals surface area contributed by atoms with Gasteiger partial charge in [-0.3, -0.25) is 4.79 Å². The fourth-order valence-electron chi connectivity index (χ4n) is 2.10. The van der Waals surface area contributed by atoms with Crippen LogP contribution in [0.5, 0.6) is 11.5 Å². The summed E-state index contributed by atoms with van der Waals surface area (Å²) in [6, 6.07) is 3.24. The van der Waals surface area contributed by atoms with E-state index in [2.05, 4.69) is 0 Å². The van der Waals surface area contributed by atoms with E-state index in [4.69, 9.17) is 21.1 Å². The molecule has 0 unspecified atom stereocenters. The van der Waals surface area contributed by atoms with Crippen molar-refractivity contribution in [3.8, 4) is 11.5 Å². The van der Waals surface area contributed by atoms with E-state index in [1.807, 2.05) is 0 Å². The second kappa shape index (κ2) is 5.41. The first-order valence-electron chi connectivity index (χ1n) is 5.74. The third-order valence-electron chi connectivity index (χ3n) is 2.97.